The second kappa shape index (κ2) is 6.03. The summed E-state index contributed by atoms with van der Waals surface area (Å²) in [6.07, 6.45) is 4.54. The highest BCUT2D eigenvalue weighted by atomic mass is 32.2. The second-order valence-corrected chi connectivity index (χ2v) is 7.51. The minimum atomic E-state index is -3.40. The Bertz CT molecular complexity index is 642. The maximum Gasteiger partial charge on any atom is 0.229 e. The molecule has 0 spiro atoms. The van der Waals surface area contributed by atoms with E-state index in [4.69, 9.17) is 5.73 Å². The van der Waals surface area contributed by atoms with E-state index in [1.807, 2.05) is 0 Å². The maximum atomic E-state index is 12.2. The number of amides is 1. The Morgan fingerprint density at radius 2 is 2.00 bits per heavy atom. The number of hydrogen-bond acceptors (Lipinski definition) is 5. The van der Waals surface area contributed by atoms with E-state index in [1.165, 1.54) is 18.2 Å². The summed E-state index contributed by atoms with van der Waals surface area (Å²) in [7, 11) is -3.40. The first-order valence-electron chi connectivity index (χ1n) is 6.88. The van der Waals surface area contributed by atoms with E-state index in [0.29, 0.717) is 6.42 Å². The van der Waals surface area contributed by atoms with Crippen molar-refractivity contribution in [2.45, 2.75) is 36.6 Å². The molecule has 2 rings (SSSR count). The van der Waals surface area contributed by atoms with Crippen LogP contribution in [0.2, 0.25) is 0 Å². The molecule has 6 nitrogen and oxygen atoms in total. The number of nitrogens with one attached hydrogen (secondary N) is 1. The van der Waals surface area contributed by atoms with Crippen molar-refractivity contribution in [3.63, 3.8) is 0 Å². The number of nitrogens with two attached hydrogens (primary N) is 1. The molecule has 21 heavy (non-hydrogen) atoms. The van der Waals surface area contributed by atoms with E-state index in [9.17, 15) is 18.3 Å². The van der Waals surface area contributed by atoms with Gasteiger partial charge in [-0.15, -0.1) is 0 Å². The highest BCUT2D eigenvalue weighted by Gasteiger charge is 2.28. The van der Waals surface area contributed by atoms with Crippen molar-refractivity contribution in [1.82, 2.24) is 0 Å². The summed E-state index contributed by atoms with van der Waals surface area (Å²) >= 11 is 0. The molecule has 1 saturated carbocycles. The van der Waals surface area contributed by atoms with Crippen LogP contribution in [-0.4, -0.2) is 31.7 Å². The Morgan fingerprint density at radius 1 is 1.33 bits per heavy atom. The molecule has 2 unspecified atom stereocenters. The van der Waals surface area contributed by atoms with Gasteiger partial charge in [0.1, 0.15) is 5.75 Å². The lowest BCUT2D eigenvalue weighted by Gasteiger charge is -2.27. The summed E-state index contributed by atoms with van der Waals surface area (Å²) in [4.78, 5) is 12.3. The molecule has 1 aromatic rings. The van der Waals surface area contributed by atoms with Crippen molar-refractivity contribution in [1.29, 1.82) is 0 Å². The first-order valence-corrected chi connectivity index (χ1v) is 8.77. The van der Waals surface area contributed by atoms with Crippen molar-refractivity contribution < 1.29 is 18.3 Å². The highest BCUT2D eigenvalue weighted by Crippen LogP contribution is 2.29. The first kappa shape index (κ1) is 15.8. The first-order chi connectivity index (χ1) is 9.79. The molecule has 0 aliphatic heterocycles. The van der Waals surface area contributed by atoms with Gasteiger partial charge in [0.05, 0.1) is 16.5 Å². The van der Waals surface area contributed by atoms with Crippen LogP contribution in [0.1, 0.15) is 25.7 Å². The van der Waals surface area contributed by atoms with Crippen molar-refractivity contribution in [3.8, 4) is 5.75 Å². The van der Waals surface area contributed by atoms with E-state index in [1.54, 1.807) is 0 Å². The van der Waals surface area contributed by atoms with E-state index in [-0.39, 0.29) is 34.2 Å². The van der Waals surface area contributed by atoms with Gasteiger partial charge in [-0.1, -0.05) is 12.8 Å². The van der Waals surface area contributed by atoms with Gasteiger partial charge in [0.2, 0.25) is 5.91 Å². The molecule has 0 saturated heterocycles. The number of benzene rings is 1. The van der Waals surface area contributed by atoms with Crippen LogP contribution in [0.25, 0.3) is 0 Å². The van der Waals surface area contributed by atoms with E-state index in [0.717, 1.165) is 25.5 Å². The Hall–Kier alpha value is -1.60. The van der Waals surface area contributed by atoms with Gasteiger partial charge in [-0.05, 0) is 31.0 Å². The Labute approximate surface area is 124 Å². The van der Waals surface area contributed by atoms with Crippen molar-refractivity contribution in [2.24, 2.45) is 11.7 Å². The molecule has 1 aromatic carbocycles. The quantitative estimate of drug-likeness (QED) is 0.728. The maximum absolute atomic E-state index is 12.2. The second-order valence-electron chi connectivity index (χ2n) is 5.50. The number of carbonyl (C=O) groups is 1. The topological polar surface area (TPSA) is 109 Å². The van der Waals surface area contributed by atoms with Gasteiger partial charge < -0.3 is 16.2 Å². The number of sulfone groups is 1. The fraction of sp³-hybridized carbons (Fsp3) is 0.500. The van der Waals surface area contributed by atoms with Crippen molar-refractivity contribution in [3.05, 3.63) is 18.2 Å². The molecule has 0 bridgehead atoms. The van der Waals surface area contributed by atoms with Crippen LogP contribution in [0, 0.1) is 5.92 Å². The molecule has 7 heteroatoms. The number of aromatic hydroxyl groups is 1. The third-order valence-corrected chi connectivity index (χ3v) is 4.92. The van der Waals surface area contributed by atoms with Gasteiger partial charge in [0, 0.05) is 12.3 Å². The summed E-state index contributed by atoms with van der Waals surface area (Å²) < 4.78 is 23.0. The molecular formula is C14H20N2O4S. The van der Waals surface area contributed by atoms with Crippen LogP contribution < -0.4 is 11.1 Å². The Balaban J connectivity index is 2.20. The van der Waals surface area contributed by atoms with E-state index in [2.05, 4.69) is 5.32 Å². The third kappa shape index (κ3) is 3.74. The number of anilines is 1. The number of rotatable bonds is 3. The normalized spacial score (nSPS) is 22.8. The predicted molar refractivity (Wildman–Crippen MR) is 79.8 cm³/mol. The molecule has 1 aliphatic rings. The zero-order valence-corrected chi connectivity index (χ0v) is 12.7. The molecule has 1 aliphatic carbocycles. The van der Waals surface area contributed by atoms with Crippen molar-refractivity contribution in [2.75, 3.05) is 11.6 Å². The summed E-state index contributed by atoms with van der Waals surface area (Å²) in [5, 5.41) is 12.4. The zero-order chi connectivity index (χ0) is 15.6. The van der Waals surface area contributed by atoms with Gasteiger partial charge in [-0.25, -0.2) is 8.42 Å². The van der Waals surface area contributed by atoms with Crippen LogP contribution in [0.3, 0.4) is 0 Å². The monoisotopic (exact) mass is 312 g/mol. The van der Waals surface area contributed by atoms with Crippen LogP contribution in [0.4, 0.5) is 5.69 Å². The van der Waals surface area contributed by atoms with Crippen LogP contribution >= 0.6 is 0 Å². The van der Waals surface area contributed by atoms with Gasteiger partial charge in [-0.2, -0.15) is 0 Å². The van der Waals surface area contributed by atoms with Gasteiger partial charge in [0.15, 0.2) is 9.84 Å². The van der Waals surface area contributed by atoms with Crippen LogP contribution in [-0.2, 0) is 14.6 Å². The summed E-state index contributed by atoms with van der Waals surface area (Å²) in [6, 6.07) is 3.62. The molecule has 0 aromatic heterocycles. The molecule has 4 N–H and O–H groups in total. The molecule has 116 valence electrons. The average Bonchev–Trinajstić information content (AvgIpc) is 2.40. The number of hydrogen-bond donors (Lipinski definition) is 3. The standard InChI is InChI=1S/C14H20N2O4S/c1-21(19,20)9-6-7-13(17)12(8-9)16-14(18)10-4-2-3-5-11(10)15/h6-8,10-11,17H,2-5,15H2,1H3,(H,16,18). The lowest BCUT2D eigenvalue weighted by Crippen LogP contribution is -2.40. The average molecular weight is 312 g/mol. The summed E-state index contributed by atoms with van der Waals surface area (Å²) in [5.41, 5.74) is 6.05. The minimum Gasteiger partial charge on any atom is -0.506 e. The summed E-state index contributed by atoms with van der Waals surface area (Å²) in [5.74, 6) is -0.747. The van der Waals surface area contributed by atoms with Gasteiger partial charge in [0.25, 0.3) is 0 Å². The lowest BCUT2D eigenvalue weighted by molar-refractivity contribution is -0.121. The zero-order valence-electron chi connectivity index (χ0n) is 11.9. The molecule has 2 atom stereocenters. The van der Waals surface area contributed by atoms with Crippen LogP contribution in [0.15, 0.2) is 23.1 Å². The molecule has 1 amide bonds. The lowest BCUT2D eigenvalue weighted by atomic mass is 9.84. The van der Waals surface area contributed by atoms with E-state index >= 15 is 0 Å². The highest BCUT2D eigenvalue weighted by molar-refractivity contribution is 7.90. The Kier molecular flexibility index (Phi) is 4.53. The van der Waals surface area contributed by atoms with E-state index < -0.39 is 9.84 Å². The van der Waals surface area contributed by atoms with Crippen molar-refractivity contribution >= 4 is 21.4 Å². The third-order valence-electron chi connectivity index (χ3n) is 3.81. The van der Waals surface area contributed by atoms with Gasteiger partial charge in [-0.3, -0.25) is 4.79 Å². The molecular weight excluding hydrogens is 292 g/mol. The van der Waals surface area contributed by atoms with Gasteiger partial charge >= 0.3 is 0 Å². The molecule has 0 heterocycles. The largest absolute Gasteiger partial charge is 0.506 e. The molecule has 1 fully saturated rings. The minimum absolute atomic E-state index is 0.0449. The van der Waals surface area contributed by atoms with Crippen LogP contribution in [0.5, 0.6) is 5.75 Å². The molecule has 0 radical (unpaired) electrons. The SMILES string of the molecule is CS(=O)(=O)c1ccc(O)c(NC(=O)C2CCCCC2N)c1. The summed E-state index contributed by atoms with van der Waals surface area (Å²) in [6.45, 7) is 0. The fourth-order valence-electron chi connectivity index (χ4n) is 2.56. The smallest absolute Gasteiger partial charge is 0.229 e. The fourth-order valence-corrected chi connectivity index (χ4v) is 3.20. The predicted octanol–water partition coefficient (Wildman–Crippen LogP) is 1.25. The number of phenols is 1. The Morgan fingerprint density at radius 3 is 2.62 bits per heavy atom. The number of phenolic OH excluding ortho intramolecular Hbond substituents is 1. The number of carbonyl (C=O) groups excluding carboxylic acids is 1.